The van der Waals surface area contributed by atoms with Crippen LogP contribution in [0.3, 0.4) is 0 Å². The number of hydrogen-bond acceptors (Lipinski definition) is 2. The molecule has 2 nitrogen and oxygen atoms in total. The molecule has 0 spiro atoms. The monoisotopic (exact) mass is 149 g/mol. The summed E-state index contributed by atoms with van der Waals surface area (Å²) in [4.78, 5) is 0. The van der Waals surface area contributed by atoms with Gasteiger partial charge in [-0.1, -0.05) is 26.0 Å². The van der Waals surface area contributed by atoms with Crippen LogP contribution in [0.15, 0.2) is 0 Å². The summed E-state index contributed by atoms with van der Waals surface area (Å²) in [6.45, 7) is 3.26. The van der Waals surface area contributed by atoms with E-state index in [0.717, 1.165) is 19.4 Å². The summed E-state index contributed by atoms with van der Waals surface area (Å²) in [5, 5.41) is 0. The lowest BCUT2D eigenvalue weighted by Crippen LogP contribution is -1.99. The predicted molar refractivity (Wildman–Crippen MR) is 39.3 cm³/mol. The van der Waals surface area contributed by atoms with Crippen molar-refractivity contribution in [3.63, 3.8) is 0 Å². The molecule has 0 aromatic heterocycles. The Morgan fingerprint density at radius 3 is 2.67 bits per heavy atom. The topological polar surface area (TPSA) is 18.5 Å². The standard InChI is InChI=1S/C6H13O2S/c1-2-3-4-7-5-8-6-9/h2-6H2,1H3. The Labute approximate surface area is 61.9 Å². The Kier molecular flexibility index (Phi) is 8.52. The molecule has 0 saturated heterocycles. The van der Waals surface area contributed by atoms with Gasteiger partial charge in [-0.05, 0) is 6.42 Å². The SMILES string of the molecule is CCCCOCOC[S]. The van der Waals surface area contributed by atoms with Crippen LogP contribution in [0.25, 0.3) is 0 Å². The molecule has 1 radical (unpaired) electrons. The van der Waals surface area contributed by atoms with Crippen LogP contribution < -0.4 is 0 Å². The molecule has 0 N–H and O–H groups in total. The Morgan fingerprint density at radius 1 is 1.33 bits per heavy atom. The molecular weight excluding hydrogens is 136 g/mol. The van der Waals surface area contributed by atoms with Crippen LogP contribution in [-0.2, 0) is 9.47 Å². The minimum Gasteiger partial charge on any atom is -0.355 e. The molecule has 0 amide bonds. The first-order chi connectivity index (χ1) is 4.41. The van der Waals surface area contributed by atoms with Crippen molar-refractivity contribution in [1.29, 1.82) is 0 Å². The molecule has 0 aliphatic rings. The Balaban J connectivity index is 2.60. The Morgan fingerprint density at radius 2 is 2.11 bits per heavy atom. The van der Waals surface area contributed by atoms with Crippen LogP contribution in [0.2, 0.25) is 0 Å². The summed E-state index contributed by atoms with van der Waals surface area (Å²) in [5.41, 5.74) is 0. The van der Waals surface area contributed by atoms with Gasteiger partial charge in [-0.15, -0.1) is 0 Å². The van der Waals surface area contributed by atoms with Gasteiger partial charge in [0, 0.05) is 6.61 Å². The number of unbranched alkanes of at least 4 members (excludes halogenated alkanes) is 1. The molecule has 0 fully saturated rings. The van der Waals surface area contributed by atoms with Gasteiger partial charge in [-0.25, -0.2) is 0 Å². The van der Waals surface area contributed by atoms with Gasteiger partial charge in [0.05, 0.1) is 0 Å². The first-order valence-electron chi connectivity index (χ1n) is 3.15. The van der Waals surface area contributed by atoms with E-state index in [1.54, 1.807) is 0 Å². The minimum atomic E-state index is 0.326. The lowest BCUT2D eigenvalue weighted by Gasteiger charge is -2.00. The third kappa shape index (κ3) is 8.27. The summed E-state index contributed by atoms with van der Waals surface area (Å²) in [6.07, 6.45) is 2.26. The Bertz CT molecular complexity index is 44.3. The summed E-state index contributed by atoms with van der Waals surface area (Å²) >= 11 is 4.53. The normalized spacial score (nSPS) is 10.0. The Hall–Kier alpha value is 0.270. The van der Waals surface area contributed by atoms with Gasteiger partial charge in [0.1, 0.15) is 12.7 Å². The maximum atomic E-state index is 5.03. The zero-order valence-corrected chi connectivity index (χ0v) is 6.58. The van der Waals surface area contributed by atoms with E-state index in [1.165, 1.54) is 0 Å². The van der Waals surface area contributed by atoms with Gasteiger partial charge < -0.3 is 9.47 Å². The smallest absolute Gasteiger partial charge is 0.147 e. The van der Waals surface area contributed by atoms with Gasteiger partial charge in [-0.3, -0.25) is 0 Å². The molecule has 0 heterocycles. The fourth-order valence-corrected chi connectivity index (χ4v) is 0.466. The van der Waals surface area contributed by atoms with Crippen molar-refractivity contribution in [2.75, 3.05) is 19.3 Å². The first-order valence-corrected chi connectivity index (χ1v) is 3.73. The van der Waals surface area contributed by atoms with Crippen LogP contribution >= 0.6 is 12.6 Å². The highest BCUT2D eigenvalue weighted by Crippen LogP contribution is 1.88. The molecule has 0 aliphatic carbocycles. The zero-order valence-electron chi connectivity index (χ0n) is 5.76. The first kappa shape index (κ1) is 9.27. The highest BCUT2D eigenvalue weighted by molar-refractivity contribution is 7.80. The molecule has 0 saturated carbocycles. The van der Waals surface area contributed by atoms with E-state index < -0.39 is 0 Å². The van der Waals surface area contributed by atoms with Crippen LogP contribution in [0.1, 0.15) is 19.8 Å². The molecule has 9 heavy (non-hydrogen) atoms. The maximum absolute atomic E-state index is 5.03. The molecule has 0 unspecified atom stereocenters. The molecular formula is C6H13O2S. The van der Waals surface area contributed by atoms with E-state index in [-0.39, 0.29) is 0 Å². The van der Waals surface area contributed by atoms with Crippen LogP contribution in [0, 0.1) is 0 Å². The lowest BCUT2D eigenvalue weighted by molar-refractivity contribution is -0.0367. The summed E-state index contributed by atoms with van der Waals surface area (Å²) < 4.78 is 9.80. The zero-order chi connectivity index (χ0) is 6.95. The van der Waals surface area contributed by atoms with Gasteiger partial charge >= 0.3 is 0 Å². The predicted octanol–water partition coefficient (Wildman–Crippen LogP) is 1.93. The summed E-state index contributed by atoms with van der Waals surface area (Å²) in [7, 11) is 0. The molecule has 0 atom stereocenters. The summed E-state index contributed by atoms with van der Waals surface area (Å²) in [5.74, 6) is 0.326. The quantitative estimate of drug-likeness (QED) is 0.424. The molecule has 0 rings (SSSR count). The fraction of sp³-hybridized carbons (Fsp3) is 1.00. The molecule has 3 heteroatoms. The van der Waals surface area contributed by atoms with Crippen molar-refractivity contribution >= 4 is 12.6 Å². The molecule has 0 aromatic rings. The van der Waals surface area contributed by atoms with E-state index in [1.807, 2.05) is 0 Å². The second-order valence-electron chi connectivity index (χ2n) is 1.70. The van der Waals surface area contributed by atoms with Gasteiger partial charge in [0.25, 0.3) is 0 Å². The molecule has 0 aliphatic heterocycles. The minimum absolute atomic E-state index is 0.326. The van der Waals surface area contributed by atoms with Crippen LogP contribution in [0.4, 0.5) is 0 Å². The van der Waals surface area contributed by atoms with E-state index in [2.05, 4.69) is 19.6 Å². The van der Waals surface area contributed by atoms with Gasteiger partial charge in [0.15, 0.2) is 0 Å². The van der Waals surface area contributed by atoms with Gasteiger partial charge in [0.2, 0.25) is 0 Å². The number of hydrogen-bond donors (Lipinski definition) is 0. The molecule has 0 aromatic carbocycles. The van der Waals surface area contributed by atoms with E-state index >= 15 is 0 Å². The highest BCUT2D eigenvalue weighted by Gasteiger charge is 1.84. The van der Waals surface area contributed by atoms with Crippen molar-refractivity contribution in [3.05, 3.63) is 0 Å². The third-order valence-electron chi connectivity index (χ3n) is 0.892. The van der Waals surface area contributed by atoms with E-state index in [0.29, 0.717) is 12.7 Å². The van der Waals surface area contributed by atoms with Crippen molar-refractivity contribution in [2.24, 2.45) is 0 Å². The van der Waals surface area contributed by atoms with E-state index in [9.17, 15) is 0 Å². The van der Waals surface area contributed by atoms with Crippen molar-refractivity contribution in [1.82, 2.24) is 0 Å². The lowest BCUT2D eigenvalue weighted by atomic mass is 10.4. The van der Waals surface area contributed by atoms with Crippen molar-refractivity contribution in [2.45, 2.75) is 19.8 Å². The largest absolute Gasteiger partial charge is 0.355 e. The van der Waals surface area contributed by atoms with Crippen molar-refractivity contribution < 1.29 is 9.47 Å². The summed E-state index contributed by atoms with van der Waals surface area (Å²) in [6, 6.07) is 0. The average molecular weight is 149 g/mol. The van der Waals surface area contributed by atoms with E-state index in [4.69, 9.17) is 9.47 Å². The number of ether oxygens (including phenoxy) is 2. The average Bonchev–Trinajstić information content (AvgIpc) is 1.89. The molecule has 55 valence electrons. The second kappa shape index (κ2) is 8.27. The maximum Gasteiger partial charge on any atom is 0.147 e. The van der Waals surface area contributed by atoms with Crippen LogP contribution in [-0.4, -0.2) is 19.3 Å². The fourth-order valence-electron chi connectivity index (χ4n) is 0.398. The third-order valence-corrected chi connectivity index (χ3v) is 1.06. The highest BCUT2D eigenvalue weighted by atomic mass is 32.1. The number of rotatable bonds is 6. The second-order valence-corrected chi connectivity index (χ2v) is 1.94. The molecule has 0 bridgehead atoms. The van der Waals surface area contributed by atoms with Crippen molar-refractivity contribution in [3.8, 4) is 0 Å². The van der Waals surface area contributed by atoms with Gasteiger partial charge in [-0.2, -0.15) is 0 Å². The van der Waals surface area contributed by atoms with Crippen LogP contribution in [0.5, 0.6) is 0 Å².